The third-order valence-corrected chi connectivity index (χ3v) is 11.9. The van der Waals surface area contributed by atoms with Gasteiger partial charge in [-0.15, -0.1) is 11.3 Å². The summed E-state index contributed by atoms with van der Waals surface area (Å²) in [6.45, 7) is 0. The summed E-state index contributed by atoms with van der Waals surface area (Å²) in [7, 11) is 0. The van der Waals surface area contributed by atoms with E-state index < -0.39 is 0 Å². The molecule has 0 radical (unpaired) electrons. The van der Waals surface area contributed by atoms with Crippen molar-refractivity contribution in [2.24, 2.45) is 0 Å². The molecule has 8 aromatic carbocycles. The first-order valence-electron chi connectivity index (χ1n) is 18.8. The molecule has 0 fully saturated rings. The molecular weight excluding hydrogens is 701 g/mol. The van der Waals surface area contributed by atoms with Gasteiger partial charge in [0.25, 0.3) is 0 Å². The van der Waals surface area contributed by atoms with Crippen LogP contribution in [0.3, 0.4) is 0 Å². The molecule has 0 bridgehead atoms. The second-order valence-corrected chi connectivity index (χ2v) is 15.0. The molecule has 11 rings (SSSR count). The molecule has 0 atom stereocenters. The van der Waals surface area contributed by atoms with E-state index in [0.717, 1.165) is 39.0 Å². The molecule has 0 aliphatic carbocycles. The van der Waals surface area contributed by atoms with Crippen molar-refractivity contribution in [3.63, 3.8) is 0 Å². The van der Waals surface area contributed by atoms with Crippen molar-refractivity contribution in [1.29, 1.82) is 0 Å². The normalized spacial score (nSPS) is 11.6. The Kier molecular flexibility index (Phi) is 7.64. The number of thiophene rings is 1. The molecule has 4 nitrogen and oxygen atoms in total. The molecule has 0 aliphatic heterocycles. The number of para-hydroxylation sites is 2. The largest absolute Gasteiger partial charge is 0.308 e. The van der Waals surface area contributed by atoms with Crippen LogP contribution in [-0.4, -0.2) is 19.5 Å². The van der Waals surface area contributed by atoms with Gasteiger partial charge in [-0.3, -0.25) is 0 Å². The van der Waals surface area contributed by atoms with Gasteiger partial charge in [0.15, 0.2) is 17.5 Å². The summed E-state index contributed by atoms with van der Waals surface area (Å²) in [5, 5.41) is 4.91. The summed E-state index contributed by atoms with van der Waals surface area (Å²) in [6, 6.07) is 68.4. The molecule has 11 aromatic rings. The van der Waals surface area contributed by atoms with Crippen LogP contribution in [-0.2, 0) is 0 Å². The van der Waals surface area contributed by atoms with Crippen LogP contribution in [0.2, 0.25) is 0 Å². The first kappa shape index (κ1) is 32.2. The maximum atomic E-state index is 5.30. The number of nitrogens with zero attached hydrogens (tertiary/aromatic N) is 4. The first-order chi connectivity index (χ1) is 27.8. The van der Waals surface area contributed by atoms with Crippen molar-refractivity contribution in [3.05, 3.63) is 194 Å². The van der Waals surface area contributed by atoms with Crippen LogP contribution in [0.4, 0.5) is 0 Å². The summed E-state index contributed by atoms with van der Waals surface area (Å²) in [4.78, 5) is 15.7. The summed E-state index contributed by atoms with van der Waals surface area (Å²) >= 11 is 1.86. The second-order valence-electron chi connectivity index (χ2n) is 14.0. The van der Waals surface area contributed by atoms with Crippen molar-refractivity contribution in [2.45, 2.75) is 0 Å². The Morgan fingerprint density at radius 3 is 1.64 bits per heavy atom. The molecule has 3 heterocycles. The number of aromatic nitrogens is 4. The predicted octanol–water partition coefficient (Wildman–Crippen LogP) is 13.7. The van der Waals surface area contributed by atoms with Crippen LogP contribution in [0, 0.1) is 0 Å². The molecule has 0 spiro atoms. The fraction of sp³-hybridized carbons (Fsp3) is 0. The van der Waals surface area contributed by atoms with Crippen molar-refractivity contribution in [1.82, 2.24) is 19.5 Å². The quantitative estimate of drug-likeness (QED) is 0.171. The van der Waals surface area contributed by atoms with Crippen LogP contribution >= 0.6 is 11.3 Å². The SMILES string of the molecule is c1ccc(-c2ccc(-c3nc(-c4ccccc4)nc(-c4ccc(-c5cccc6c5sc5ccccc56)c5c6ccccc6n(-c6ccccc6)c45)n3)cc2)cc1. The molecule has 0 saturated heterocycles. The van der Waals surface area contributed by atoms with Crippen molar-refractivity contribution in [3.8, 4) is 62.1 Å². The van der Waals surface area contributed by atoms with Crippen LogP contribution in [0.5, 0.6) is 0 Å². The Balaban J connectivity index is 1.21. The van der Waals surface area contributed by atoms with E-state index in [1.807, 2.05) is 35.6 Å². The molecule has 56 heavy (non-hydrogen) atoms. The molecule has 0 amide bonds. The topological polar surface area (TPSA) is 43.6 Å². The number of benzene rings is 8. The molecule has 0 aliphatic rings. The van der Waals surface area contributed by atoms with Gasteiger partial charge in [0.2, 0.25) is 0 Å². The molecule has 0 unspecified atom stereocenters. The highest BCUT2D eigenvalue weighted by atomic mass is 32.1. The zero-order chi connectivity index (χ0) is 37.0. The zero-order valence-corrected chi connectivity index (χ0v) is 31.0. The van der Waals surface area contributed by atoms with Crippen LogP contribution in [0.25, 0.3) is 104 Å². The van der Waals surface area contributed by atoms with Gasteiger partial charge in [0.05, 0.1) is 11.0 Å². The molecule has 5 heteroatoms. The Morgan fingerprint density at radius 1 is 0.357 bits per heavy atom. The smallest absolute Gasteiger partial charge is 0.166 e. The van der Waals surface area contributed by atoms with E-state index in [0.29, 0.717) is 17.5 Å². The molecule has 3 aromatic heterocycles. The average molecular weight is 733 g/mol. The minimum Gasteiger partial charge on any atom is -0.308 e. The lowest BCUT2D eigenvalue weighted by Gasteiger charge is -2.15. The van der Waals surface area contributed by atoms with Crippen LogP contribution in [0.1, 0.15) is 0 Å². The number of hydrogen-bond donors (Lipinski definition) is 0. The predicted molar refractivity (Wildman–Crippen MR) is 234 cm³/mol. The lowest BCUT2D eigenvalue weighted by Crippen LogP contribution is -2.02. The Morgan fingerprint density at radius 2 is 0.893 bits per heavy atom. The summed E-state index contributed by atoms with van der Waals surface area (Å²) < 4.78 is 4.96. The van der Waals surface area contributed by atoms with E-state index in [-0.39, 0.29) is 0 Å². The van der Waals surface area contributed by atoms with E-state index >= 15 is 0 Å². The lowest BCUT2D eigenvalue weighted by molar-refractivity contribution is 1.07. The van der Waals surface area contributed by atoms with E-state index in [1.54, 1.807) is 0 Å². The van der Waals surface area contributed by atoms with Crippen LogP contribution < -0.4 is 0 Å². The summed E-state index contributed by atoms with van der Waals surface area (Å²) in [5.74, 6) is 1.88. The average Bonchev–Trinajstić information content (AvgIpc) is 3.84. The third-order valence-electron chi connectivity index (χ3n) is 10.7. The molecule has 0 N–H and O–H groups in total. The Bertz CT molecular complexity index is 3220. The van der Waals surface area contributed by atoms with Gasteiger partial charge in [-0.25, -0.2) is 15.0 Å². The lowest BCUT2D eigenvalue weighted by atomic mass is 9.95. The maximum Gasteiger partial charge on any atom is 0.166 e. The van der Waals surface area contributed by atoms with E-state index in [2.05, 4.69) is 174 Å². The van der Waals surface area contributed by atoms with Gasteiger partial charge in [0.1, 0.15) is 0 Å². The van der Waals surface area contributed by atoms with Gasteiger partial charge < -0.3 is 4.57 Å². The van der Waals surface area contributed by atoms with Crippen molar-refractivity contribution in [2.75, 3.05) is 0 Å². The minimum atomic E-state index is 0.623. The fourth-order valence-corrected chi connectivity index (χ4v) is 9.32. The molecule has 262 valence electrons. The Hall–Kier alpha value is -7.21. The monoisotopic (exact) mass is 732 g/mol. The van der Waals surface area contributed by atoms with Gasteiger partial charge >= 0.3 is 0 Å². The highest BCUT2D eigenvalue weighted by Crippen LogP contribution is 2.47. The highest BCUT2D eigenvalue weighted by Gasteiger charge is 2.24. The summed E-state index contributed by atoms with van der Waals surface area (Å²) in [5.41, 5.74) is 10.8. The summed E-state index contributed by atoms with van der Waals surface area (Å²) in [6.07, 6.45) is 0. The number of fused-ring (bicyclic) bond motifs is 6. The third kappa shape index (κ3) is 5.32. The second kappa shape index (κ2) is 13.3. The van der Waals surface area contributed by atoms with Crippen molar-refractivity contribution >= 4 is 53.3 Å². The maximum absolute atomic E-state index is 5.30. The van der Waals surface area contributed by atoms with Gasteiger partial charge in [-0.1, -0.05) is 164 Å². The number of rotatable bonds is 6. The van der Waals surface area contributed by atoms with Crippen molar-refractivity contribution < 1.29 is 0 Å². The minimum absolute atomic E-state index is 0.623. The zero-order valence-electron chi connectivity index (χ0n) is 30.2. The standard InChI is InChI=1S/C51H32N4S/c1-4-15-33(16-5-1)34-27-29-36(30-28-34)50-52-49(35-17-6-2-7-18-35)53-51(54-50)43-32-31-39(41-24-14-23-40-38-21-11-13-26-45(38)56-48(40)41)46-42-22-10-12-25-44(42)55(47(43)46)37-19-8-3-9-20-37/h1-32H. The first-order valence-corrected chi connectivity index (χ1v) is 19.6. The van der Waals surface area contributed by atoms with E-state index in [1.165, 1.54) is 47.6 Å². The molecular formula is C51H32N4S. The van der Waals surface area contributed by atoms with Crippen LogP contribution in [0.15, 0.2) is 194 Å². The molecule has 0 saturated carbocycles. The van der Waals surface area contributed by atoms with E-state index in [9.17, 15) is 0 Å². The van der Waals surface area contributed by atoms with Gasteiger partial charge in [-0.2, -0.15) is 0 Å². The highest BCUT2D eigenvalue weighted by molar-refractivity contribution is 7.26. The van der Waals surface area contributed by atoms with Gasteiger partial charge in [0, 0.05) is 58.9 Å². The van der Waals surface area contributed by atoms with Gasteiger partial charge in [-0.05, 0) is 47.0 Å². The Labute approximate surface area is 327 Å². The number of hydrogen-bond acceptors (Lipinski definition) is 4. The fourth-order valence-electron chi connectivity index (χ4n) is 8.09. The van der Waals surface area contributed by atoms with E-state index in [4.69, 9.17) is 15.0 Å².